The van der Waals surface area contributed by atoms with Crippen LogP contribution in [0.25, 0.3) is 0 Å². The molecule has 0 bridgehead atoms. The molecule has 10 heteroatoms. The Balaban J connectivity index is 4.04. The van der Waals surface area contributed by atoms with Crippen LogP contribution in [0.4, 0.5) is 0 Å². The first-order chi connectivity index (χ1) is 41.0. The number of esters is 2. The Kier molecular flexibility index (Phi) is 61.6. The van der Waals surface area contributed by atoms with Crippen LogP contribution in [-0.4, -0.2) is 70.0 Å². The number of unbranched alkanes of at least 4 members (excludes halogenated alkanes) is 31. The van der Waals surface area contributed by atoms with Crippen LogP contribution in [0.5, 0.6) is 0 Å². The van der Waals surface area contributed by atoms with Crippen molar-refractivity contribution in [3.8, 4) is 0 Å². The second-order valence-electron chi connectivity index (χ2n) is 24.2. The van der Waals surface area contributed by atoms with Gasteiger partial charge in [-0.15, -0.1) is 0 Å². The van der Waals surface area contributed by atoms with Crippen LogP contribution in [0, 0.1) is 0 Å². The van der Waals surface area contributed by atoms with E-state index in [1.165, 1.54) is 161 Å². The minimum absolute atomic E-state index is 0.0350. The lowest BCUT2D eigenvalue weighted by atomic mass is 10.0. The lowest BCUT2D eigenvalue weighted by Gasteiger charge is -2.28. The van der Waals surface area contributed by atoms with Crippen molar-refractivity contribution in [2.24, 2.45) is 0 Å². The molecule has 0 aromatic rings. The average molecular weight is 1190 g/mol. The Morgan fingerprint density at radius 1 is 0.381 bits per heavy atom. The third-order valence-electron chi connectivity index (χ3n) is 14.8. The standard InChI is InChI=1S/C74H130NO8P/c1-6-8-10-12-14-16-18-20-22-24-26-28-30-31-32-33-34-35-36-37-38-39-40-41-42-43-45-47-49-51-53-55-57-59-61-63-65-67-74(77)83-72(71-82-84(78,79)81-69-68-75(3,4)5)70-80-73(76)66-64-62-60-58-56-54-52-50-48-46-44-29-27-25-23-21-19-17-15-13-11-9-7-2/h8,10,14,16,19-22,25-28,31-32,34-35,44,46,72H,6-7,9,11-13,15,17-18,23-24,29-30,33,36-43,45,47-71H2,1-5H3/b10-8-,16-14-,21-19-,22-20-,27-25-,28-26-,32-31-,35-34-,46-44-. The highest BCUT2D eigenvalue weighted by atomic mass is 31.2. The molecule has 0 amide bonds. The molecule has 9 nitrogen and oxygen atoms in total. The summed E-state index contributed by atoms with van der Waals surface area (Å²) in [5.74, 6) is -0.836. The first-order valence-electron chi connectivity index (χ1n) is 34.6. The van der Waals surface area contributed by atoms with Crippen molar-refractivity contribution in [1.29, 1.82) is 0 Å². The van der Waals surface area contributed by atoms with E-state index < -0.39 is 26.5 Å². The molecule has 0 rings (SSSR count). The SMILES string of the molecule is CC/C=C\C/C=C\C/C=C\C/C=C\C/C=C\C/C=C\CCCCCCCCCCCCCCCCCCCCC(=O)OC(COC(=O)CCCCCCCCCC/C=C\C/C=C\C/C=C\CCCCCCC)COP(=O)([O-])OCC[N+](C)(C)C. The van der Waals surface area contributed by atoms with Crippen molar-refractivity contribution < 1.29 is 42.1 Å². The highest BCUT2D eigenvalue weighted by Crippen LogP contribution is 2.38. The molecule has 0 N–H and O–H groups in total. The minimum atomic E-state index is -4.65. The van der Waals surface area contributed by atoms with Crippen molar-refractivity contribution in [3.05, 3.63) is 109 Å². The lowest BCUT2D eigenvalue weighted by molar-refractivity contribution is -0.870. The third-order valence-corrected chi connectivity index (χ3v) is 15.7. The molecular formula is C74H130NO8P. The van der Waals surface area contributed by atoms with E-state index in [1.54, 1.807) is 0 Å². The Morgan fingerprint density at radius 3 is 1.01 bits per heavy atom. The van der Waals surface area contributed by atoms with E-state index in [0.29, 0.717) is 17.4 Å². The van der Waals surface area contributed by atoms with Gasteiger partial charge in [-0.25, -0.2) is 0 Å². The number of phosphoric ester groups is 1. The number of likely N-dealkylation sites (N-methyl/N-ethyl adjacent to an activating group) is 1. The first-order valence-corrected chi connectivity index (χ1v) is 36.1. The van der Waals surface area contributed by atoms with Gasteiger partial charge in [-0.1, -0.05) is 290 Å². The summed E-state index contributed by atoms with van der Waals surface area (Å²) >= 11 is 0. The lowest BCUT2D eigenvalue weighted by Crippen LogP contribution is -2.37. The molecule has 0 radical (unpaired) electrons. The summed E-state index contributed by atoms with van der Waals surface area (Å²) in [5, 5.41) is 0. The van der Waals surface area contributed by atoms with Crippen LogP contribution in [-0.2, 0) is 32.7 Å². The fourth-order valence-electron chi connectivity index (χ4n) is 9.49. The number of phosphoric acid groups is 1. The molecule has 0 aromatic carbocycles. The van der Waals surface area contributed by atoms with E-state index in [-0.39, 0.29) is 32.0 Å². The van der Waals surface area contributed by atoms with Crippen LogP contribution >= 0.6 is 7.82 Å². The summed E-state index contributed by atoms with van der Waals surface area (Å²) < 4.78 is 34.3. The highest BCUT2D eigenvalue weighted by Gasteiger charge is 2.22. The predicted molar refractivity (Wildman–Crippen MR) is 360 cm³/mol. The maximum atomic E-state index is 12.9. The van der Waals surface area contributed by atoms with Gasteiger partial charge in [-0.2, -0.15) is 0 Å². The van der Waals surface area contributed by atoms with Crippen LogP contribution in [0.1, 0.15) is 296 Å². The molecule has 0 spiro atoms. The molecule has 0 heterocycles. The summed E-state index contributed by atoms with van der Waals surface area (Å²) in [6.45, 7) is 4.13. The summed E-state index contributed by atoms with van der Waals surface area (Å²) in [5.41, 5.74) is 0. The van der Waals surface area contributed by atoms with Gasteiger partial charge in [0.1, 0.15) is 19.8 Å². The van der Waals surface area contributed by atoms with Crippen LogP contribution < -0.4 is 4.89 Å². The van der Waals surface area contributed by atoms with E-state index >= 15 is 0 Å². The predicted octanol–water partition coefficient (Wildman–Crippen LogP) is 21.9. The number of carbonyl (C=O) groups excluding carboxylic acids is 2. The maximum Gasteiger partial charge on any atom is 0.306 e. The van der Waals surface area contributed by atoms with Gasteiger partial charge in [0.15, 0.2) is 6.10 Å². The Hall–Kier alpha value is -3.33. The maximum absolute atomic E-state index is 12.9. The Labute approximate surface area is 518 Å². The molecule has 0 saturated heterocycles. The molecule has 0 aliphatic carbocycles. The fourth-order valence-corrected chi connectivity index (χ4v) is 10.2. The van der Waals surface area contributed by atoms with Gasteiger partial charge in [-0.05, 0) is 103 Å². The molecule has 484 valence electrons. The van der Waals surface area contributed by atoms with E-state index in [4.69, 9.17) is 18.5 Å². The number of ether oxygens (including phenoxy) is 2. The average Bonchev–Trinajstić information content (AvgIpc) is 3.61. The Bertz CT molecular complexity index is 1790. The molecule has 0 saturated carbocycles. The molecule has 0 fully saturated rings. The largest absolute Gasteiger partial charge is 0.756 e. The summed E-state index contributed by atoms with van der Waals surface area (Å²) in [6.07, 6.45) is 90.2. The first kappa shape index (κ1) is 80.7. The van der Waals surface area contributed by atoms with Crippen LogP contribution in [0.2, 0.25) is 0 Å². The van der Waals surface area contributed by atoms with Gasteiger partial charge in [0.2, 0.25) is 0 Å². The van der Waals surface area contributed by atoms with E-state index in [9.17, 15) is 19.0 Å². The van der Waals surface area contributed by atoms with Crippen LogP contribution in [0.15, 0.2) is 109 Å². The van der Waals surface area contributed by atoms with Crippen molar-refractivity contribution in [2.75, 3.05) is 47.5 Å². The summed E-state index contributed by atoms with van der Waals surface area (Å²) in [7, 11) is 1.16. The van der Waals surface area contributed by atoms with E-state index in [2.05, 4.69) is 123 Å². The van der Waals surface area contributed by atoms with E-state index in [0.717, 1.165) is 103 Å². The number of allylic oxidation sites excluding steroid dienone is 18. The molecule has 2 atom stereocenters. The third kappa shape index (κ3) is 67.8. The molecule has 84 heavy (non-hydrogen) atoms. The van der Waals surface area contributed by atoms with Gasteiger partial charge in [0.25, 0.3) is 7.82 Å². The normalized spacial score (nSPS) is 13.8. The van der Waals surface area contributed by atoms with Crippen molar-refractivity contribution in [2.45, 2.75) is 302 Å². The Morgan fingerprint density at radius 2 is 0.679 bits per heavy atom. The molecule has 2 unspecified atom stereocenters. The number of nitrogens with zero attached hydrogens (tertiary/aromatic N) is 1. The smallest absolute Gasteiger partial charge is 0.306 e. The second kappa shape index (κ2) is 64.2. The number of hydrogen-bond acceptors (Lipinski definition) is 8. The number of rotatable bonds is 63. The summed E-state index contributed by atoms with van der Waals surface area (Å²) in [4.78, 5) is 38.0. The summed E-state index contributed by atoms with van der Waals surface area (Å²) in [6, 6.07) is 0. The number of carbonyl (C=O) groups is 2. The monoisotopic (exact) mass is 1190 g/mol. The van der Waals surface area contributed by atoms with Crippen molar-refractivity contribution >= 4 is 19.8 Å². The highest BCUT2D eigenvalue weighted by molar-refractivity contribution is 7.45. The second-order valence-corrected chi connectivity index (χ2v) is 25.6. The van der Waals surface area contributed by atoms with Gasteiger partial charge < -0.3 is 27.9 Å². The molecule has 0 aliphatic heterocycles. The zero-order chi connectivity index (χ0) is 61.2. The fraction of sp³-hybridized carbons (Fsp3) is 0.730. The van der Waals surface area contributed by atoms with Crippen LogP contribution in [0.3, 0.4) is 0 Å². The zero-order valence-corrected chi connectivity index (χ0v) is 56.0. The zero-order valence-electron chi connectivity index (χ0n) is 55.1. The van der Waals surface area contributed by atoms with E-state index in [1.807, 2.05) is 21.1 Å². The van der Waals surface area contributed by atoms with Crippen molar-refractivity contribution in [1.82, 2.24) is 0 Å². The van der Waals surface area contributed by atoms with Gasteiger partial charge >= 0.3 is 11.9 Å². The molecule has 0 aromatic heterocycles. The molecular weight excluding hydrogens is 1060 g/mol. The van der Waals surface area contributed by atoms with Gasteiger partial charge in [-0.3, -0.25) is 14.2 Å². The number of hydrogen-bond donors (Lipinski definition) is 0. The topological polar surface area (TPSA) is 111 Å². The molecule has 0 aliphatic rings. The minimum Gasteiger partial charge on any atom is -0.756 e. The number of quaternary nitrogens is 1. The van der Waals surface area contributed by atoms with Gasteiger partial charge in [0, 0.05) is 12.8 Å². The van der Waals surface area contributed by atoms with Gasteiger partial charge in [0.05, 0.1) is 27.7 Å². The quantitative estimate of drug-likeness (QED) is 0.0195. The van der Waals surface area contributed by atoms with Crippen molar-refractivity contribution in [3.63, 3.8) is 0 Å².